The summed E-state index contributed by atoms with van der Waals surface area (Å²) in [4.78, 5) is 79.6. The van der Waals surface area contributed by atoms with Crippen LogP contribution in [0.5, 0.6) is 0 Å². The van der Waals surface area contributed by atoms with E-state index in [-0.39, 0.29) is 42.0 Å². The molecule has 0 spiro atoms. The molecule has 4 aromatic rings. The van der Waals surface area contributed by atoms with E-state index in [9.17, 15) is 28.8 Å². The molecule has 45 heavy (non-hydrogen) atoms. The monoisotopic (exact) mass is 626 g/mol. The van der Waals surface area contributed by atoms with Crippen LogP contribution in [0.1, 0.15) is 52.1 Å². The average Bonchev–Trinajstić information content (AvgIpc) is 3.53. The van der Waals surface area contributed by atoms with Gasteiger partial charge in [-0.25, -0.2) is 0 Å². The van der Waals surface area contributed by atoms with Crippen molar-refractivity contribution >= 4 is 43.1 Å². The molecule has 0 radical (unpaired) electrons. The quantitative estimate of drug-likeness (QED) is 0.113. The fraction of sp³-hybridized carbons (Fsp3) is 0.294. The zero-order chi connectivity index (χ0) is 32.1. The predicted molar refractivity (Wildman–Crippen MR) is 172 cm³/mol. The van der Waals surface area contributed by atoms with Crippen LogP contribution in [0.2, 0.25) is 6.04 Å². The second kappa shape index (κ2) is 13.6. The lowest BCUT2D eigenvalue weighted by molar-refractivity contribution is -0.131. The topological polar surface area (TPSA) is 152 Å². The van der Waals surface area contributed by atoms with Gasteiger partial charge < -0.3 is 25.2 Å². The van der Waals surface area contributed by atoms with Crippen molar-refractivity contribution in [1.82, 2.24) is 20.5 Å². The molecule has 1 aliphatic heterocycles. The number of hydrogen-bond acceptors (Lipinski definition) is 6. The zero-order valence-electron chi connectivity index (χ0n) is 25.3. The predicted octanol–water partition coefficient (Wildman–Crippen LogP) is 3.44. The van der Waals surface area contributed by atoms with E-state index in [4.69, 9.17) is 0 Å². The number of hydrogen-bond donors (Lipinski definition) is 5. The molecule has 1 aromatic heterocycles. The van der Waals surface area contributed by atoms with Crippen molar-refractivity contribution < 1.29 is 28.8 Å². The van der Waals surface area contributed by atoms with Gasteiger partial charge in [-0.05, 0) is 41.7 Å². The molecule has 0 saturated carbocycles. The first kappa shape index (κ1) is 31.8. The molecule has 234 valence electrons. The summed E-state index contributed by atoms with van der Waals surface area (Å²) in [6, 6.07) is 22.2. The molecular formula is C34H38N4O6Si. The summed E-state index contributed by atoms with van der Waals surface area (Å²) in [5, 5.41) is 6.76. The maximum absolute atomic E-state index is 13.8. The smallest absolute Gasteiger partial charge is 0.354 e. The van der Waals surface area contributed by atoms with E-state index in [1.807, 2.05) is 74.6 Å². The highest BCUT2D eigenvalue weighted by molar-refractivity contribution is 6.65. The van der Waals surface area contributed by atoms with E-state index in [0.29, 0.717) is 6.42 Å². The van der Waals surface area contributed by atoms with Crippen LogP contribution in [-0.4, -0.2) is 63.9 Å². The van der Waals surface area contributed by atoms with Gasteiger partial charge in [-0.15, -0.1) is 0 Å². The summed E-state index contributed by atoms with van der Waals surface area (Å²) in [5.41, 5.74) is 3.09. The lowest BCUT2D eigenvalue weighted by atomic mass is 9.96. The van der Waals surface area contributed by atoms with Crippen molar-refractivity contribution in [2.75, 3.05) is 6.17 Å². The van der Waals surface area contributed by atoms with E-state index in [0.717, 1.165) is 26.9 Å². The summed E-state index contributed by atoms with van der Waals surface area (Å²) in [6.07, 6.45) is 1.79. The van der Waals surface area contributed by atoms with Crippen molar-refractivity contribution in [3.63, 3.8) is 0 Å². The van der Waals surface area contributed by atoms with Gasteiger partial charge in [0, 0.05) is 42.0 Å². The van der Waals surface area contributed by atoms with Crippen LogP contribution in [0.15, 0.2) is 85.1 Å². The molecule has 0 saturated heterocycles. The molecular weight excluding hydrogens is 588 g/mol. The Labute approximate surface area is 262 Å². The Morgan fingerprint density at radius 1 is 0.867 bits per heavy atom. The fourth-order valence-corrected chi connectivity index (χ4v) is 7.94. The third kappa shape index (κ3) is 7.56. The molecule has 1 aliphatic rings. The zero-order valence-corrected chi connectivity index (χ0v) is 26.3. The number of H-pyrrole nitrogens is 1. The number of amides is 4. The van der Waals surface area contributed by atoms with Crippen LogP contribution < -0.4 is 10.6 Å². The maximum Gasteiger partial charge on any atom is 0.354 e. The first-order valence-electron chi connectivity index (χ1n) is 15.1. The average molecular weight is 627 g/mol. The number of nitrogens with zero attached hydrogens (tertiary/aromatic N) is 1. The number of carbonyl (C=O) groups is 4. The minimum atomic E-state index is -4.30. The second-order valence-corrected chi connectivity index (χ2v) is 14.8. The molecule has 5 N–H and O–H groups in total. The summed E-state index contributed by atoms with van der Waals surface area (Å²) in [5.74, 6) is -2.89. The van der Waals surface area contributed by atoms with Crippen molar-refractivity contribution in [3.05, 3.63) is 107 Å². The van der Waals surface area contributed by atoms with Crippen LogP contribution in [0.25, 0.3) is 10.9 Å². The van der Waals surface area contributed by atoms with Gasteiger partial charge in [0.25, 0.3) is 11.8 Å². The molecule has 5 rings (SSSR count). The minimum absolute atomic E-state index is 0.0174. The summed E-state index contributed by atoms with van der Waals surface area (Å²) < 4.78 is 0. The highest BCUT2D eigenvalue weighted by Gasteiger charge is 2.44. The van der Waals surface area contributed by atoms with Crippen LogP contribution in [0.3, 0.4) is 0 Å². The third-order valence-corrected chi connectivity index (χ3v) is 10.0. The van der Waals surface area contributed by atoms with E-state index in [1.54, 1.807) is 12.1 Å². The Balaban J connectivity index is 1.33. The van der Waals surface area contributed by atoms with Gasteiger partial charge in [0.1, 0.15) is 6.04 Å². The number of rotatable bonds is 13. The number of fused-ring (bicyclic) bond motifs is 2. The Morgan fingerprint density at radius 2 is 1.49 bits per heavy atom. The Kier molecular flexibility index (Phi) is 9.62. The van der Waals surface area contributed by atoms with E-state index in [2.05, 4.69) is 15.6 Å². The van der Waals surface area contributed by atoms with E-state index in [1.165, 1.54) is 12.1 Å². The van der Waals surface area contributed by atoms with Gasteiger partial charge in [-0.3, -0.25) is 24.1 Å². The normalized spacial score (nSPS) is 14.5. The summed E-state index contributed by atoms with van der Waals surface area (Å²) >= 11 is 0. The standard InChI is InChI=1S/C34H38N4O6Si/c1-22(2)16-25(20-45(43,44)21-38-33(41)27-13-6-7-14-28(27)34(38)42)31(39)37-30(32(40)36-18-23-10-4-3-5-11-23)17-24-19-35-29-15-9-8-12-26(24)29/h3-15,19,22,25,30,35,43-44H,16-18,20-21H2,1-2H3,(H,36,40)(H,37,39)/t25-,30+/m1/s1. The lowest BCUT2D eigenvalue weighted by Crippen LogP contribution is -2.54. The molecule has 4 amide bonds. The highest BCUT2D eigenvalue weighted by Crippen LogP contribution is 2.27. The van der Waals surface area contributed by atoms with Crippen molar-refractivity contribution in [3.8, 4) is 0 Å². The van der Waals surface area contributed by atoms with Gasteiger partial charge >= 0.3 is 8.56 Å². The third-order valence-electron chi connectivity index (χ3n) is 8.03. The van der Waals surface area contributed by atoms with E-state index >= 15 is 0 Å². The number of benzene rings is 3. The SMILES string of the molecule is CC(C)C[C@H](C[Si](O)(O)CN1C(=O)c2ccccc2C1=O)C(=O)N[C@@H](Cc1c[nH]c2ccccc12)C(=O)NCc1ccccc1. The van der Waals surface area contributed by atoms with Crippen molar-refractivity contribution in [1.29, 1.82) is 0 Å². The molecule has 0 fully saturated rings. The Bertz CT molecular complexity index is 1670. The van der Waals surface area contributed by atoms with Gasteiger partial charge in [-0.2, -0.15) is 0 Å². The van der Waals surface area contributed by atoms with Crippen molar-refractivity contribution in [2.24, 2.45) is 11.8 Å². The van der Waals surface area contributed by atoms with Crippen LogP contribution in [0, 0.1) is 11.8 Å². The fourth-order valence-electron chi connectivity index (χ4n) is 5.87. The number of imide groups is 1. The van der Waals surface area contributed by atoms with E-state index < -0.39 is 44.4 Å². The molecule has 0 aliphatic carbocycles. The molecule has 10 nitrogen and oxygen atoms in total. The second-order valence-electron chi connectivity index (χ2n) is 12.1. The Morgan fingerprint density at radius 3 is 2.16 bits per heavy atom. The van der Waals surface area contributed by atoms with Gasteiger partial charge in [0.2, 0.25) is 11.8 Å². The van der Waals surface area contributed by atoms with Crippen LogP contribution in [-0.2, 0) is 22.6 Å². The van der Waals surface area contributed by atoms with Gasteiger partial charge in [0.05, 0.1) is 17.3 Å². The van der Waals surface area contributed by atoms with Crippen molar-refractivity contribution in [2.45, 2.75) is 45.3 Å². The lowest BCUT2D eigenvalue weighted by Gasteiger charge is -2.29. The van der Waals surface area contributed by atoms with Crippen LogP contribution >= 0.6 is 0 Å². The molecule has 11 heteroatoms. The molecule has 3 aromatic carbocycles. The number of aromatic nitrogens is 1. The number of para-hydroxylation sites is 1. The molecule has 0 bridgehead atoms. The number of nitrogens with one attached hydrogen (secondary N) is 3. The van der Waals surface area contributed by atoms with Crippen LogP contribution in [0.4, 0.5) is 0 Å². The molecule has 2 heterocycles. The number of carbonyl (C=O) groups excluding carboxylic acids is 4. The largest absolute Gasteiger partial charge is 0.410 e. The summed E-state index contributed by atoms with van der Waals surface area (Å²) in [6.45, 7) is 4.11. The molecule has 2 atom stereocenters. The maximum atomic E-state index is 13.8. The Hall–Kier alpha value is -4.58. The highest BCUT2D eigenvalue weighted by atomic mass is 28.4. The molecule has 0 unspecified atom stereocenters. The summed E-state index contributed by atoms with van der Waals surface area (Å²) in [7, 11) is -4.30. The minimum Gasteiger partial charge on any atom is -0.410 e. The first-order valence-corrected chi connectivity index (χ1v) is 17.4. The number of aromatic amines is 1. The van der Waals surface area contributed by atoms with Gasteiger partial charge in [-0.1, -0.05) is 74.5 Å². The van der Waals surface area contributed by atoms with Gasteiger partial charge in [0.15, 0.2) is 0 Å². The first-order chi connectivity index (χ1) is 21.5.